The van der Waals surface area contributed by atoms with Gasteiger partial charge in [-0.3, -0.25) is 14.5 Å². The van der Waals surface area contributed by atoms with Crippen molar-refractivity contribution >= 4 is 45.8 Å². The van der Waals surface area contributed by atoms with Crippen molar-refractivity contribution < 1.29 is 19.1 Å². The minimum absolute atomic E-state index is 0.110. The highest BCUT2D eigenvalue weighted by atomic mass is 32.2. The third kappa shape index (κ3) is 3.94. The lowest BCUT2D eigenvalue weighted by Crippen LogP contribution is -2.38. The summed E-state index contributed by atoms with van der Waals surface area (Å²) in [6.07, 6.45) is 0.686. The normalized spacial score (nSPS) is 17.3. The van der Waals surface area contributed by atoms with Gasteiger partial charge in [-0.1, -0.05) is 30.9 Å². The van der Waals surface area contributed by atoms with Crippen molar-refractivity contribution in [2.45, 2.75) is 18.6 Å². The lowest BCUT2D eigenvalue weighted by molar-refractivity contribution is -0.129. The number of nitrogens with zero attached hydrogens (tertiary/aromatic N) is 1. The van der Waals surface area contributed by atoms with E-state index >= 15 is 0 Å². The Morgan fingerprint density at radius 2 is 2.13 bits per heavy atom. The maximum atomic E-state index is 12.3. The number of carbonyl (C=O) groups excluding carboxylic acids is 2. The molecule has 0 radical (unpaired) electrons. The van der Waals surface area contributed by atoms with E-state index in [-0.39, 0.29) is 23.6 Å². The Morgan fingerprint density at radius 3 is 2.70 bits per heavy atom. The van der Waals surface area contributed by atoms with Gasteiger partial charge in [-0.2, -0.15) is 0 Å². The van der Waals surface area contributed by atoms with Crippen molar-refractivity contribution in [3.63, 3.8) is 0 Å². The summed E-state index contributed by atoms with van der Waals surface area (Å²) in [6, 6.07) is 5.09. The number of nitrogens with one attached hydrogen (secondary N) is 1. The summed E-state index contributed by atoms with van der Waals surface area (Å²) < 4.78 is 10.8. The summed E-state index contributed by atoms with van der Waals surface area (Å²) in [4.78, 5) is 25.7. The average Bonchev–Trinajstić information content (AvgIpc) is 2.82. The van der Waals surface area contributed by atoms with Crippen LogP contribution in [0.3, 0.4) is 0 Å². The number of carbonyl (C=O) groups is 2. The molecule has 1 atom stereocenters. The molecule has 0 spiro atoms. The van der Waals surface area contributed by atoms with Crippen molar-refractivity contribution in [2.75, 3.05) is 26.1 Å². The quantitative estimate of drug-likeness (QED) is 0.791. The summed E-state index contributed by atoms with van der Waals surface area (Å²) in [7, 11) is 3.05. The molecule has 0 bridgehead atoms. The first kappa shape index (κ1) is 17.6. The summed E-state index contributed by atoms with van der Waals surface area (Å²) >= 11 is 6.50. The maximum absolute atomic E-state index is 12.3. The minimum Gasteiger partial charge on any atom is -0.497 e. The van der Waals surface area contributed by atoms with E-state index in [1.807, 2.05) is 6.92 Å². The molecule has 1 N–H and O–H groups in total. The zero-order valence-electron chi connectivity index (χ0n) is 13.1. The Labute approximate surface area is 144 Å². The Hall–Kier alpha value is -1.80. The number of ether oxygens (including phenoxy) is 2. The van der Waals surface area contributed by atoms with E-state index in [1.54, 1.807) is 18.2 Å². The minimum atomic E-state index is -0.343. The van der Waals surface area contributed by atoms with Crippen LogP contribution in [0.25, 0.3) is 0 Å². The molecule has 1 fully saturated rings. The van der Waals surface area contributed by atoms with Crippen LogP contribution in [-0.4, -0.2) is 47.0 Å². The van der Waals surface area contributed by atoms with Crippen molar-refractivity contribution in [2.24, 2.45) is 0 Å². The number of hydrogen-bond donors (Lipinski definition) is 1. The highest BCUT2D eigenvalue weighted by molar-refractivity contribution is 8.24. The highest BCUT2D eigenvalue weighted by Crippen LogP contribution is 2.31. The van der Waals surface area contributed by atoms with Gasteiger partial charge in [-0.25, -0.2) is 0 Å². The van der Waals surface area contributed by atoms with Gasteiger partial charge in [0.1, 0.15) is 22.4 Å². The second-order valence-electron chi connectivity index (χ2n) is 4.82. The second-order valence-corrected chi connectivity index (χ2v) is 6.66. The summed E-state index contributed by atoms with van der Waals surface area (Å²) in [5, 5.41) is 2.54. The Morgan fingerprint density at radius 1 is 1.39 bits per heavy atom. The van der Waals surface area contributed by atoms with Gasteiger partial charge in [0.05, 0.1) is 25.2 Å². The molecule has 0 aliphatic carbocycles. The largest absolute Gasteiger partial charge is 0.497 e. The monoisotopic (exact) mass is 354 g/mol. The molecule has 0 saturated carbocycles. The number of anilines is 1. The molecule has 23 heavy (non-hydrogen) atoms. The molecule has 1 aromatic carbocycles. The van der Waals surface area contributed by atoms with E-state index in [0.717, 1.165) is 0 Å². The maximum Gasteiger partial charge on any atom is 0.244 e. The van der Waals surface area contributed by atoms with E-state index < -0.39 is 0 Å². The number of hydrogen-bond acceptors (Lipinski definition) is 6. The number of methoxy groups -OCH3 is 2. The molecule has 1 aromatic rings. The van der Waals surface area contributed by atoms with E-state index in [0.29, 0.717) is 27.9 Å². The molecule has 1 saturated heterocycles. The molecule has 6 nitrogen and oxygen atoms in total. The fraction of sp³-hybridized carbons (Fsp3) is 0.400. The number of thioether (sulfide) groups is 1. The third-order valence-electron chi connectivity index (χ3n) is 3.36. The van der Waals surface area contributed by atoms with Gasteiger partial charge in [0.15, 0.2) is 0 Å². The fourth-order valence-electron chi connectivity index (χ4n) is 2.15. The molecule has 0 aromatic heterocycles. The highest BCUT2D eigenvalue weighted by Gasteiger charge is 2.36. The van der Waals surface area contributed by atoms with Gasteiger partial charge in [-0.05, 0) is 18.6 Å². The number of amides is 2. The zero-order chi connectivity index (χ0) is 17.0. The molecular weight excluding hydrogens is 336 g/mol. The molecule has 8 heteroatoms. The molecule has 1 heterocycles. The second kappa shape index (κ2) is 7.65. The topological polar surface area (TPSA) is 67.9 Å². The number of thiocarbonyl (C=S) groups is 1. The van der Waals surface area contributed by atoms with Gasteiger partial charge >= 0.3 is 0 Å². The molecule has 1 unspecified atom stereocenters. The van der Waals surface area contributed by atoms with Crippen LogP contribution >= 0.6 is 24.0 Å². The number of rotatable bonds is 6. The molecular formula is C15H18N2O4S2. The van der Waals surface area contributed by atoms with Crippen LogP contribution in [0.15, 0.2) is 18.2 Å². The SMILES string of the molecule is CCC1SC(=S)N(CC(=O)Nc2cc(OC)ccc2OC)C1=O. The van der Waals surface area contributed by atoms with Gasteiger partial charge < -0.3 is 14.8 Å². The van der Waals surface area contributed by atoms with E-state index in [1.165, 1.54) is 30.9 Å². The Bertz CT molecular complexity index is 636. The Kier molecular flexibility index (Phi) is 5.84. The van der Waals surface area contributed by atoms with Crippen LogP contribution in [0, 0.1) is 0 Å². The van der Waals surface area contributed by atoms with Crippen LogP contribution in [0.1, 0.15) is 13.3 Å². The van der Waals surface area contributed by atoms with Crippen molar-refractivity contribution in [3.8, 4) is 11.5 Å². The standard InChI is InChI=1S/C15H18N2O4S2/c1-4-12-14(19)17(15(22)23-12)8-13(18)16-10-7-9(20-2)5-6-11(10)21-3/h5-7,12H,4,8H2,1-3H3,(H,16,18). The lowest BCUT2D eigenvalue weighted by atomic mass is 10.2. The van der Waals surface area contributed by atoms with Crippen LogP contribution in [-0.2, 0) is 9.59 Å². The average molecular weight is 354 g/mol. The first-order valence-electron chi connectivity index (χ1n) is 7.04. The number of benzene rings is 1. The van der Waals surface area contributed by atoms with Gasteiger partial charge in [0.2, 0.25) is 11.8 Å². The first-order valence-corrected chi connectivity index (χ1v) is 8.32. The van der Waals surface area contributed by atoms with Crippen LogP contribution in [0.4, 0.5) is 5.69 Å². The van der Waals surface area contributed by atoms with Gasteiger partial charge in [0.25, 0.3) is 0 Å². The summed E-state index contributed by atoms with van der Waals surface area (Å²) in [5.41, 5.74) is 0.481. The van der Waals surface area contributed by atoms with E-state index in [4.69, 9.17) is 21.7 Å². The van der Waals surface area contributed by atoms with Crippen molar-refractivity contribution in [1.82, 2.24) is 4.90 Å². The van der Waals surface area contributed by atoms with E-state index in [2.05, 4.69) is 5.32 Å². The fourth-order valence-corrected chi connectivity index (χ4v) is 3.57. The Balaban J connectivity index is 2.08. The van der Waals surface area contributed by atoms with Crippen LogP contribution in [0.5, 0.6) is 11.5 Å². The smallest absolute Gasteiger partial charge is 0.244 e. The predicted octanol–water partition coefficient (Wildman–Crippen LogP) is 2.28. The molecule has 1 aliphatic rings. The molecule has 1 aliphatic heterocycles. The molecule has 124 valence electrons. The molecule has 2 rings (SSSR count). The van der Waals surface area contributed by atoms with Gasteiger partial charge in [0, 0.05) is 6.07 Å². The van der Waals surface area contributed by atoms with Crippen molar-refractivity contribution in [1.29, 1.82) is 0 Å². The van der Waals surface area contributed by atoms with Crippen molar-refractivity contribution in [3.05, 3.63) is 18.2 Å². The lowest BCUT2D eigenvalue weighted by Gasteiger charge is -2.16. The van der Waals surface area contributed by atoms with Gasteiger partial charge in [-0.15, -0.1) is 0 Å². The first-order chi connectivity index (χ1) is 11.0. The molecule has 2 amide bonds. The predicted molar refractivity (Wildman–Crippen MR) is 94.2 cm³/mol. The van der Waals surface area contributed by atoms with Crippen LogP contribution in [0.2, 0.25) is 0 Å². The van der Waals surface area contributed by atoms with Crippen LogP contribution < -0.4 is 14.8 Å². The third-order valence-corrected chi connectivity index (χ3v) is 5.11. The summed E-state index contributed by atoms with van der Waals surface area (Å²) in [5.74, 6) is 0.644. The zero-order valence-corrected chi connectivity index (χ0v) is 14.8. The van der Waals surface area contributed by atoms with E-state index in [9.17, 15) is 9.59 Å². The summed E-state index contributed by atoms with van der Waals surface area (Å²) in [6.45, 7) is 1.81.